The summed E-state index contributed by atoms with van der Waals surface area (Å²) in [6, 6.07) is 19.4. The summed E-state index contributed by atoms with van der Waals surface area (Å²) in [6.07, 6.45) is 0. The lowest BCUT2D eigenvalue weighted by atomic mass is 10.2. The van der Waals surface area contributed by atoms with E-state index in [4.69, 9.17) is 22.1 Å². The number of benzene rings is 3. The van der Waals surface area contributed by atoms with Crippen LogP contribution >= 0.6 is 11.6 Å². The molecule has 0 saturated carbocycles. The molecule has 0 aliphatic rings. The normalized spacial score (nSPS) is 11.2. The number of hydrogen-bond donors (Lipinski definition) is 2. The second-order valence-electron chi connectivity index (χ2n) is 7.11. The summed E-state index contributed by atoms with van der Waals surface area (Å²) in [5.41, 5.74) is 6.61. The number of nitrogens with one attached hydrogen (secondary N) is 1. The van der Waals surface area contributed by atoms with Crippen molar-refractivity contribution in [2.75, 3.05) is 19.0 Å². The monoisotopic (exact) mass is 487 g/mol. The van der Waals surface area contributed by atoms with Crippen LogP contribution in [-0.2, 0) is 21.4 Å². The molecule has 3 N–H and O–H groups in total. The van der Waals surface area contributed by atoms with Crippen molar-refractivity contribution in [1.82, 2.24) is 4.31 Å². The molecule has 0 heterocycles. The van der Waals surface area contributed by atoms with Crippen molar-refractivity contribution in [3.8, 4) is 5.75 Å². The molecular formula is C23H22ClN3O5S. The standard InChI is InChI=1S/C23H22ClN3O5S/c1-27(14-16-5-3-2-4-6-16)33(30,31)19-10-8-18(9-11-19)26-22(28)15-32-21-12-7-17(24)13-20(21)23(25)29/h2-13H,14-15H2,1H3,(H2,25,29)(H,26,28). The number of halogens is 1. The zero-order valence-corrected chi connectivity index (χ0v) is 19.3. The van der Waals surface area contributed by atoms with Crippen molar-refractivity contribution in [3.63, 3.8) is 0 Å². The maximum Gasteiger partial charge on any atom is 0.262 e. The van der Waals surface area contributed by atoms with Gasteiger partial charge in [0.2, 0.25) is 10.0 Å². The van der Waals surface area contributed by atoms with Crippen LogP contribution in [0.1, 0.15) is 15.9 Å². The van der Waals surface area contributed by atoms with Gasteiger partial charge in [-0.3, -0.25) is 9.59 Å². The maximum absolute atomic E-state index is 12.8. The highest BCUT2D eigenvalue weighted by Gasteiger charge is 2.21. The Kier molecular flexibility index (Phi) is 7.70. The van der Waals surface area contributed by atoms with Gasteiger partial charge in [0.1, 0.15) is 5.75 Å². The summed E-state index contributed by atoms with van der Waals surface area (Å²) in [6.45, 7) is -0.154. The summed E-state index contributed by atoms with van der Waals surface area (Å²) >= 11 is 5.85. The van der Waals surface area contributed by atoms with E-state index in [1.807, 2.05) is 30.3 Å². The smallest absolute Gasteiger partial charge is 0.262 e. The van der Waals surface area contributed by atoms with Crippen molar-refractivity contribution < 1.29 is 22.7 Å². The molecule has 172 valence electrons. The SMILES string of the molecule is CN(Cc1ccccc1)S(=O)(=O)c1ccc(NC(=O)COc2ccc(Cl)cc2C(N)=O)cc1. The van der Waals surface area contributed by atoms with Gasteiger partial charge < -0.3 is 15.8 Å². The number of nitrogens with zero attached hydrogens (tertiary/aromatic N) is 1. The van der Waals surface area contributed by atoms with E-state index in [2.05, 4.69) is 5.32 Å². The minimum absolute atomic E-state index is 0.0597. The first-order valence-electron chi connectivity index (χ1n) is 9.79. The molecule has 3 rings (SSSR count). The fourth-order valence-electron chi connectivity index (χ4n) is 2.98. The van der Waals surface area contributed by atoms with E-state index in [1.54, 1.807) is 0 Å². The van der Waals surface area contributed by atoms with Crippen molar-refractivity contribution >= 4 is 39.1 Å². The van der Waals surface area contributed by atoms with Crippen LogP contribution in [0, 0.1) is 0 Å². The molecule has 0 atom stereocenters. The number of primary amides is 1. The Balaban J connectivity index is 1.61. The third-order valence-electron chi connectivity index (χ3n) is 4.66. The summed E-state index contributed by atoms with van der Waals surface area (Å²) in [5.74, 6) is -1.11. The lowest BCUT2D eigenvalue weighted by Crippen LogP contribution is -2.26. The van der Waals surface area contributed by atoms with Gasteiger partial charge in [-0.1, -0.05) is 41.9 Å². The molecule has 3 aromatic carbocycles. The van der Waals surface area contributed by atoms with Gasteiger partial charge in [-0.05, 0) is 48.0 Å². The molecule has 0 bridgehead atoms. The summed E-state index contributed by atoms with van der Waals surface area (Å²) in [7, 11) is -2.20. The van der Waals surface area contributed by atoms with Crippen molar-refractivity contribution in [2.45, 2.75) is 11.4 Å². The van der Waals surface area contributed by atoms with Crippen molar-refractivity contribution in [2.24, 2.45) is 5.73 Å². The first-order valence-corrected chi connectivity index (χ1v) is 11.6. The lowest BCUT2D eigenvalue weighted by molar-refractivity contribution is -0.118. The van der Waals surface area contributed by atoms with Gasteiger partial charge in [-0.2, -0.15) is 4.31 Å². The summed E-state index contributed by atoms with van der Waals surface area (Å²) in [4.78, 5) is 23.8. The van der Waals surface area contributed by atoms with Gasteiger partial charge in [-0.25, -0.2) is 8.42 Å². The molecule has 0 aromatic heterocycles. The van der Waals surface area contributed by atoms with E-state index in [-0.39, 0.29) is 29.4 Å². The van der Waals surface area contributed by atoms with Gasteiger partial charge in [0.05, 0.1) is 10.5 Å². The first kappa shape index (κ1) is 24.2. The van der Waals surface area contributed by atoms with Gasteiger partial charge in [-0.15, -0.1) is 0 Å². The summed E-state index contributed by atoms with van der Waals surface area (Å²) < 4.78 is 32.3. The molecular weight excluding hydrogens is 466 g/mol. The van der Waals surface area contributed by atoms with Gasteiger partial charge >= 0.3 is 0 Å². The number of ether oxygens (including phenoxy) is 1. The molecule has 0 saturated heterocycles. The van der Waals surface area contributed by atoms with Crippen molar-refractivity contribution in [3.05, 3.63) is 88.9 Å². The van der Waals surface area contributed by atoms with Gasteiger partial charge in [0.25, 0.3) is 11.8 Å². The fraction of sp³-hybridized carbons (Fsp3) is 0.130. The number of carbonyl (C=O) groups is 2. The topological polar surface area (TPSA) is 119 Å². The zero-order chi connectivity index (χ0) is 24.0. The highest BCUT2D eigenvalue weighted by molar-refractivity contribution is 7.89. The molecule has 0 aliphatic carbocycles. The lowest BCUT2D eigenvalue weighted by Gasteiger charge is -2.17. The van der Waals surface area contributed by atoms with Crippen LogP contribution in [-0.4, -0.2) is 38.2 Å². The molecule has 10 heteroatoms. The average molecular weight is 488 g/mol. The predicted molar refractivity (Wildman–Crippen MR) is 126 cm³/mol. The van der Waals surface area contributed by atoms with E-state index in [9.17, 15) is 18.0 Å². The minimum atomic E-state index is -3.70. The number of rotatable bonds is 9. The van der Waals surface area contributed by atoms with E-state index >= 15 is 0 Å². The third-order valence-corrected chi connectivity index (χ3v) is 6.71. The van der Waals surface area contributed by atoms with E-state index < -0.39 is 21.8 Å². The Morgan fingerprint density at radius 3 is 2.33 bits per heavy atom. The minimum Gasteiger partial charge on any atom is -0.483 e. The number of nitrogens with two attached hydrogens (primary N) is 1. The third kappa shape index (κ3) is 6.32. The molecule has 0 aliphatic heterocycles. The number of anilines is 1. The Morgan fingerprint density at radius 1 is 1.03 bits per heavy atom. The molecule has 33 heavy (non-hydrogen) atoms. The number of sulfonamides is 1. The Bertz CT molecular complexity index is 1250. The van der Waals surface area contributed by atoms with E-state index in [0.717, 1.165) is 5.56 Å². The maximum atomic E-state index is 12.8. The van der Waals surface area contributed by atoms with Crippen LogP contribution in [0.3, 0.4) is 0 Å². The van der Waals surface area contributed by atoms with E-state index in [0.29, 0.717) is 10.7 Å². The first-order chi connectivity index (χ1) is 15.7. The number of carbonyl (C=O) groups excluding carboxylic acids is 2. The second-order valence-corrected chi connectivity index (χ2v) is 9.59. The largest absolute Gasteiger partial charge is 0.483 e. The fourth-order valence-corrected chi connectivity index (χ4v) is 4.31. The molecule has 0 unspecified atom stereocenters. The molecule has 0 fully saturated rings. The van der Waals surface area contributed by atoms with Gasteiger partial charge in [0.15, 0.2) is 6.61 Å². The molecule has 2 amide bonds. The van der Waals surface area contributed by atoms with Crippen molar-refractivity contribution in [1.29, 1.82) is 0 Å². The second kappa shape index (κ2) is 10.5. The van der Waals surface area contributed by atoms with Gasteiger partial charge in [0, 0.05) is 24.3 Å². The quantitative estimate of drug-likeness (QED) is 0.480. The average Bonchev–Trinajstić information content (AvgIpc) is 2.79. The van der Waals surface area contributed by atoms with Crippen LogP contribution in [0.25, 0.3) is 0 Å². The Hall–Kier alpha value is -3.40. The van der Waals surface area contributed by atoms with Crippen LogP contribution in [0.15, 0.2) is 77.7 Å². The molecule has 0 spiro atoms. The van der Waals surface area contributed by atoms with Crippen LogP contribution < -0.4 is 15.8 Å². The molecule has 8 nitrogen and oxygen atoms in total. The highest BCUT2D eigenvalue weighted by Crippen LogP contribution is 2.23. The van der Waals surface area contributed by atoms with Crippen LogP contribution in [0.2, 0.25) is 5.02 Å². The zero-order valence-electron chi connectivity index (χ0n) is 17.7. The Labute approximate surface area is 197 Å². The summed E-state index contributed by atoms with van der Waals surface area (Å²) in [5, 5.41) is 2.92. The number of amides is 2. The highest BCUT2D eigenvalue weighted by atomic mass is 35.5. The van der Waals surface area contributed by atoms with Crippen LogP contribution in [0.5, 0.6) is 5.75 Å². The Morgan fingerprint density at radius 2 is 1.70 bits per heavy atom. The molecule has 0 radical (unpaired) electrons. The van der Waals surface area contributed by atoms with E-state index in [1.165, 1.54) is 53.8 Å². The predicted octanol–water partition coefficient (Wildman–Crippen LogP) is 3.28. The molecule has 3 aromatic rings. The number of hydrogen-bond acceptors (Lipinski definition) is 5. The van der Waals surface area contributed by atoms with Crippen LogP contribution in [0.4, 0.5) is 5.69 Å².